The van der Waals surface area contributed by atoms with Gasteiger partial charge in [-0.2, -0.15) is 0 Å². The number of rotatable bonds is 6. The SMILES string of the molecule is CN=C(NCc1ccc2c(c1)OCO2)NCC(C(C)C)N1CCN(C)CC1. The fourth-order valence-electron chi connectivity index (χ4n) is 3.60. The van der Waals surface area contributed by atoms with Crippen molar-refractivity contribution in [2.75, 3.05) is 53.6 Å². The number of nitrogens with zero attached hydrogens (tertiary/aromatic N) is 3. The van der Waals surface area contributed by atoms with E-state index >= 15 is 0 Å². The van der Waals surface area contributed by atoms with Crippen LogP contribution in [0.2, 0.25) is 0 Å². The zero-order valence-electron chi connectivity index (χ0n) is 17.0. The van der Waals surface area contributed by atoms with Gasteiger partial charge in [-0.3, -0.25) is 9.89 Å². The molecule has 27 heavy (non-hydrogen) atoms. The third-order valence-corrected chi connectivity index (χ3v) is 5.38. The van der Waals surface area contributed by atoms with E-state index in [4.69, 9.17) is 9.47 Å². The van der Waals surface area contributed by atoms with Crippen LogP contribution in [0.25, 0.3) is 0 Å². The molecule has 0 amide bonds. The number of aliphatic imine (C=N–C) groups is 1. The molecule has 7 nitrogen and oxygen atoms in total. The van der Waals surface area contributed by atoms with Crippen molar-refractivity contribution in [1.82, 2.24) is 20.4 Å². The Hall–Kier alpha value is -1.99. The molecule has 1 fully saturated rings. The Morgan fingerprint density at radius 2 is 1.85 bits per heavy atom. The van der Waals surface area contributed by atoms with Crippen molar-refractivity contribution in [3.05, 3.63) is 23.8 Å². The van der Waals surface area contributed by atoms with Crippen molar-refractivity contribution in [1.29, 1.82) is 0 Å². The van der Waals surface area contributed by atoms with Crippen LogP contribution in [0.15, 0.2) is 23.2 Å². The minimum Gasteiger partial charge on any atom is -0.454 e. The Morgan fingerprint density at radius 3 is 2.56 bits per heavy atom. The maximum Gasteiger partial charge on any atom is 0.231 e. The van der Waals surface area contributed by atoms with E-state index in [2.05, 4.69) is 52.4 Å². The van der Waals surface area contributed by atoms with Gasteiger partial charge in [0, 0.05) is 52.4 Å². The van der Waals surface area contributed by atoms with Gasteiger partial charge in [0.15, 0.2) is 17.5 Å². The topological polar surface area (TPSA) is 61.4 Å². The molecule has 1 atom stereocenters. The normalized spacial score (nSPS) is 19.4. The molecule has 1 aromatic carbocycles. The third-order valence-electron chi connectivity index (χ3n) is 5.38. The Bertz CT molecular complexity index is 641. The quantitative estimate of drug-likeness (QED) is 0.578. The summed E-state index contributed by atoms with van der Waals surface area (Å²) in [6.45, 7) is 11.0. The first-order valence-electron chi connectivity index (χ1n) is 9.82. The number of fused-ring (bicyclic) bond motifs is 1. The van der Waals surface area contributed by atoms with Crippen LogP contribution >= 0.6 is 0 Å². The van der Waals surface area contributed by atoms with Gasteiger partial charge in [-0.25, -0.2) is 0 Å². The average molecular weight is 376 g/mol. The molecule has 0 bridgehead atoms. The molecule has 0 spiro atoms. The molecular weight excluding hydrogens is 342 g/mol. The van der Waals surface area contributed by atoms with Crippen molar-refractivity contribution in [3.63, 3.8) is 0 Å². The van der Waals surface area contributed by atoms with Crippen molar-refractivity contribution < 1.29 is 9.47 Å². The molecule has 7 heteroatoms. The highest BCUT2D eigenvalue weighted by molar-refractivity contribution is 5.79. The van der Waals surface area contributed by atoms with E-state index in [0.717, 1.165) is 55.7 Å². The highest BCUT2D eigenvalue weighted by Gasteiger charge is 2.25. The third kappa shape index (κ3) is 5.26. The second-order valence-corrected chi connectivity index (χ2v) is 7.64. The van der Waals surface area contributed by atoms with Crippen LogP contribution in [0.1, 0.15) is 19.4 Å². The maximum absolute atomic E-state index is 5.45. The number of benzene rings is 1. The molecule has 2 aliphatic rings. The summed E-state index contributed by atoms with van der Waals surface area (Å²) in [5, 5.41) is 6.91. The fraction of sp³-hybridized carbons (Fsp3) is 0.650. The molecule has 2 heterocycles. The summed E-state index contributed by atoms with van der Waals surface area (Å²) in [6, 6.07) is 6.53. The molecule has 1 saturated heterocycles. The van der Waals surface area contributed by atoms with Gasteiger partial charge in [-0.15, -0.1) is 0 Å². The number of piperazine rings is 1. The zero-order chi connectivity index (χ0) is 19.2. The number of nitrogens with one attached hydrogen (secondary N) is 2. The lowest BCUT2D eigenvalue weighted by Gasteiger charge is -2.40. The van der Waals surface area contributed by atoms with Gasteiger partial charge in [-0.05, 0) is 30.7 Å². The summed E-state index contributed by atoms with van der Waals surface area (Å²) >= 11 is 0. The molecule has 0 saturated carbocycles. The van der Waals surface area contributed by atoms with Crippen molar-refractivity contribution in [2.45, 2.75) is 26.4 Å². The Balaban J connectivity index is 1.50. The van der Waals surface area contributed by atoms with Crippen LogP contribution in [-0.4, -0.2) is 75.4 Å². The predicted molar refractivity (Wildman–Crippen MR) is 108 cm³/mol. The fourth-order valence-corrected chi connectivity index (χ4v) is 3.60. The zero-order valence-corrected chi connectivity index (χ0v) is 17.0. The highest BCUT2D eigenvalue weighted by Crippen LogP contribution is 2.32. The molecule has 0 radical (unpaired) electrons. The molecule has 2 N–H and O–H groups in total. The van der Waals surface area contributed by atoms with E-state index in [0.29, 0.717) is 25.3 Å². The summed E-state index contributed by atoms with van der Waals surface area (Å²) in [6.07, 6.45) is 0. The molecule has 1 aromatic rings. The van der Waals surface area contributed by atoms with Crippen molar-refractivity contribution in [2.24, 2.45) is 10.9 Å². The van der Waals surface area contributed by atoms with E-state index in [1.54, 1.807) is 0 Å². The summed E-state index contributed by atoms with van der Waals surface area (Å²) in [5.41, 5.74) is 1.14. The first-order chi connectivity index (χ1) is 13.1. The second kappa shape index (κ2) is 9.28. The molecule has 0 aliphatic carbocycles. The lowest BCUT2D eigenvalue weighted by Crippen LogP contribution is -2.55. The standard InChI is InChI=1S/C20H33N5O2/c1-15(2)17(25-9-7-24(4)8-10-25)13-23-20(21-3)22-12-16-5-6-18-19(11-16)27-14-26-18/h5-6,11,15,17H,7-10,12-14H2,1-4H3,(H2,21,22,23). The van der Waals surface area contributed by atoms with Crippen LogP contribution in [0, 0.1) is 5.92 Å². The highest BCUT2D eigenvalue weighted by atomic mass is 16.7. The second-order valence-electron chi connectivity index (χ2n) is 7.64. The number of hydrogen-bond donors (Lipinski definition) is 2. The van der Waals surface area contributed by atoms with Gasteiger partial charge in [0.25, 0.3) is 0 Å². The Kier molecular flexibility index (Phi) is 6.79. The van der Waals surface area contributed by atoms with E-state index in [1.165, 1.54) is 0 Å². The van der Waals surface area contributed by atoms with E-state index in [-0.39, 0.29) is 0 Å². The van der Waals surface area contributed by atoms with Crippen LogP contribution in [0.5, 0.6) is 11.5 Å². The molecule has 2 aliphatic heterocycles. The van der Waals surface area contributed by atoms with Crippen molar-refractivity contribution in [3.8, 4) is 11.5 Å². The van der Waals surface area contributed by atoms with Crippen LogP contribution < -0.4 is 20.1 Å². The maximum atomic E-state index is 5.45. The van der Waals surface area contributed by atoms with Crippen molar-refractivity contribution >= 4 is 5.96 Å². The minimum atomic E-state index is 0.304. The van der Waals surface area contributed by atoms with Crippen LogP contribution in [0.3, 0.4) is 0 Å². The molecular formula is C20H33N5O2. The number of hydrogen-bond acceptors (Lipinski definition) is 5. The molecule has 150 valence electrons. The Morgan fingerprint density at radius 1 is 1.11 bits per heavy atom. The molecule has 1 unspecified atom stereocenters. The lowest BCUT2D eigenvalue weighted by atomic mass is 10.0. The van der Waals surface area contributed by atoms with Gasteiger partial charge in [0.2, 0.25) is 6.79 Å². The predicted octanol–water partition coefficient (Wildman–Crippen LogP) is 1.35. The number of ether oxygens (including phenoxy) is 2. The van der Waals surface area contributed by atoms with Gasteiger partial charge in [0.1, 0.15) is 0 Å². The number of likely N-dealkylation sites (N-methyl/N-ethyl adjacent to an activating group) is 1. The molecule has 0 aromatic heterocycles. The van der Waals surface area contributed by atoms with E-state index < -0.39 is 0 Å². The average Bonchev–Trinajstić information content (AvgIpc) is 3.13. The summed E-state index contributed by atoms with van der Waals surface area (Å²) in [4.78, 5) is 9.37. The smallest absolute Gasteiger partial charge is 0.231 e. The first-order valence-corrected chi connectivity index (χ1v) is 9.82. The van der Waals surface area contributed by atoms with Crippen LogP contribution in [-0.2, 0) is 6.54 Å². The first kappa shape index (κ1) is 19.8. The molecule has 3 rings (SSSR count). The lowest BCUT2D eigenvalue weighted by molar-refractivity contribution is 0.0900. The minimum absolute atomic E-state index is 0.304. The summed E-state index contributed by atoms with van der Waals surface area (Å²) in [5.74, 6) is 3.04. The van der Waals surface area contributed by atoms with E-state index in [1.807, 2.05) is 19.2 Å². The monoisotopic (exact) mass is 375 g/mol. The van der Waals surface area contributed by atoms with E-state index in [9.17, 15) is 0 Å². The number of guanidine groups is 1. The van der Waals surface area contributed by atoms with Gasteiger partial charge >= 0.3 is 0 Å². The largest absolute Gasteiger partial charge is 0.454 e. The Labute approximate surface area is 162 Å². The van der Waals surface area contributed by atoms with Gasteiger partial charge < -0.3 is 25.0 Å². The summed E-state index contributed by atoms with van der Waals surface area (Å²) in [7, 11) is 4.01. The van der Waals surface area contributed by atoms with Gasteiger partial charge in [0.05, 0.1) is 0 Å². The van der Waals surface area contributed by atoms with Crippen LogP contribution in [0.4, 0.5) is 0 Å². The van der Waals surface area contributed by atoms with Gasteiger partial charge in [-0.1, -0.05) is 19.9 Å². The summed E-state index contributed by atoms with van der Waals surface area (Å²) < 4.78 is 10.8.